The molecule has 1 aromatic heterocycles. The normalized spacial score (nSPS) is 18.5. The molecular weight excluding hydrogens is 433 g/mol. The zero-order valence-electron chi connectivity index (χ0n) is 19.9. The lowest BCUT2D eigenvalue weighted by molar-refractivity contribution is -0.156. The van der Waals surface area contributed by atoms with Crippen LogP contribution in [0.2, 0.25) is 0 Å². The van der Waals surface area contributed by atoms with Gasteiger partial charge in [-0.1, -0.05) is 26.0 Å². The molecule has 2 aromatic carbocycles. The van der Waals surface area contributed by atoms with Gasteiger partial charge in [0.05, 0.1) is 23.9 Å². The second-order valence-electron chi connectivity index (χ2n) is 9.11. The number of aliphatic hydroxyl groups excluding tert-OH is 1. The molecule has 2 atom stereocenters. The first kappa shape index (κ1) is 23.7. The number of aromatic nitrogens is 2. The number of halogens is 1. The Morgan fingerprint density at radius 1 is 1.18 bits per heavy atom. The van der Waals surface area contributed by atoms with Crippen LogP contribution >= 0.6 is 0 Å². The van der Waals surface area contributed by atoms with Gasteiger partial charge in [0.25, 0.3) is 0 Å². The van der Waals surface area contributed by atoms with Crippen molar-refractivity contribution in [2.24, 2.45) is 0 Å². The number of carbonyl (C=O) groups excluding carboxylic acids is 1. The highest BCUT2D eigenvalue weighted by Crippen LogP contribution is 2.36. The number of esters is 1. The van der Waals surface area contributed by atoms with Crippen LogP contribution in [0.4, 0.5) is 10.1 Å². The summed E-state index contributed by atoms with van der Waals surface area (Å²) in [6, 6.07) is 14.5. The summed E-state index contributed by atoms with van der Waals surface area (Å²) in [5.41, 5.74) is 4.40. The summed E-state index contributed by atoms with van der Waals surface area (Å²) in [5, 5.41) is 9.98. The summed E-state index contributed by atoms with van der Waals surface area (Å²) in [6.45, 7) is 4.12. The maximum atomic E-state index is 13.8. The van der Waals surface area contributed by atoms with Gasteiger partial charge in [-0.25, -0.2) is 9.37 Å². The van der Waals surface area contributed by atoms with Gasteiger partial charge in [0.2, 0.25) is 0 Å². The predicted molar refractivity (Wildman–Crippen MR) is 132 cm³/mol. The van der Waals surface area contributed by atoms with Crippen molar-refractivity contribution in [3.8, 4) is 22.5 Å². The van der Waals surface area contributed by atoms with Crippen LogP contribution in [-0.4, -0.2) is 46.9 Å². The van der Waals surface area contributed by atoms with E-state index < -0.39 is 18.2 Å². The summed E-state index contributed by atoms with van der Waals surface area (Å²) in [4.78, 5) is 18.8. The van der Waals surface area contributed by atoms with Crippen molar-refractivity contribution in [3.05, 3.63) is 66.2 Å². The van der Waals surface area contributed by atoms with E-state index in [1.54, 1.807) is 18.2 Å². The van der Waals surface area contributed by atoms with E-state index in [2.05, 4.69) is 19.9 Å². The molecular formula is C27H30FN3O3. The molecule has 0 saturated carbocycles. The van der Waals surface area contributed by atoms with Gasteiger partial charge in [-0.2, -0.15) is 0 Å². The van der Waals surface area contributed by atoms with E-state index in [0.717, 1.165) is 34.0 Å². The highest BCUT2D eigenvalue weighted by atomic mass is 19.1. The molecule has 1 aliphatic heterocycles. The largest absolute Gasteiger partial charge is 0.458 e. The van der Waals surface area contributed by atoms with Crippen molar-refractivity contribution in [1.82, 2.24) is 9.55 Å². The van der Waals surface area contributed by atoms with Gasteiger partial charge in [-0.15, -0.1) is 0 Å². The Bertz CT molecular complexity index is 1200. The maximum absolute atomic E-state index is 13.8. The second kappa shape index (κ2) is 9.81. The Hall–Kier alpha value is -3.45. The molecule has 2 unspecified atom stereocenters. The molecule has 7 heteroatoms. The first-order valence-corrected chi connectivity index (χ1v) is 11.4. The van der Waals surface area contributed by atoms with Gasteiger partial charge in [0.1, 0.15) is 17.7 Å². The number of rotatable bonds is 6. The SMILES string of the molecule is CC(C)c1nc(-c2cccc(N(C)C)c2)c(-c2ccc(F)cc2)n1C=CC1CC(O)CC(=O)O1. The van der Waals surface area contributed by atoms with Crippen LogP contribution in [0.25, 0.3) is 28.7 Å². The van der Waals surface area contributed by atoms with Crippen molar-refractivity contribution in [3.63, 3.8) is 0 Å². The first-order chi connectivity index (χ1) is 16.2. The van der Waals surface area contributed by atoms with Crippen LogP contribution in [0.5, 0.6) is 0 Å². The van der Waals surface area contributed by atoms with Crippen LogP contribution in [0, 0.1) is 5.82 Å². The van der Waals surface area contributed by atoms with Gasteiger partial charge in [0.15, 0.2) is 0 Å². The number of imidazole rings is 1. The highest BCUT2D eigenvalue weighted by Gasteiger charge is 2.26. The Labute approximate surface area is 199 Å². The Morgan fingerprint density at radius 2 is 1.91 bits per heavy atom. The van der Waals surface area contributed by atoms with Gasteiger partial charge in [0, 0.05) is 49.4 Å². The van der Waals surface area contributed by atoms with Crippen molar-refractivity contribution in [2.75, 3.05) is 19.0 Å². The van der Waals surface area contributed by atoms with Crippen molar-refractivity contribution in [2.45, 2.75) is 44.8 Å². The number of hydrogen-bond donors (Lipinski definition) is 1. The number of carbonyl (C=O) groups is 1. The topological polar surface area (TPSA) is 67.6 Å². The fourth-order valence-electron chi connectivity index (χ4n) is 4.13. The molecule has 1 aliphatic rings. The quantitative estimate of drug-likeness (QED) is 0.516. The number of ether oxygens (including phenoxy) is 1. The molecule has 2 heterocycles. The Morgan fingerprint density at radius 3 is 2.56 bits per heavy atom. The minimum atomic E-state index is -0.718. The maximum Gasteiger partial charge on any atom is 0.309 e. The third kappa shape index (κ3) is 5.04. The summed E-state index contributed by atoms with van der Waals surface area (Å²) in [7, 11) is 3.97. The monoisotopic (exact) mass is 463 g/mol. The van der Waals surface area contributed by atoms with Crippen LogP contribution in [0.3, 0.4) is 0 Å². The smallest absolute Gasteiger partial charge is 0.309 e. The lowest BCUT2D eigenvalue weighted by Gasteiger charge is -2.23. The molecule has 1 saturated heterocycles. The molecule has 3 aromatic rings. The molecule has 0 radical (unpaired) electrons. The van der Waals surface area contributed by atoms with E-state index in [1.165, 1.54) is 12.1 Å². The zero-order valence-corrected chi connectivity index (χ0v) is 19.9. The average molecular weight is 464 g/mol. The molecule has 0 bridgehead atoms. The van der Waals surface area contributed by atoms with Crippen molar-refractivity contribution < 1.29 is 19.0 Å². The molecule has 34 heavy (non-hydrogen) atoms. The minimum absolute atomic E-state index is 0.0137. The molecule has 1 N–H and O–H groups in total. The van der Waals surface area contributed by atoms with E-state index in [1.807, 2.05) is 48.0 Å². The summed E-state index contributed by atoms with van der Waals surface area (Å²) < 4.78 is 21.1. The van der Waals surface area contributed by atoms with E-state index in [0.29, 0.717) is 6.42 Å². The number of aliphatic hydroxyl groups is 1. The fourth-order valence-corrected chi connectivity index (χ4v) is 4.13. The summed E-state index contributed by atoms with van der Waals surface area (Å²) >= 11 is 0. The van der Waals surface area contributed by atoms with Crippen LogP contribution < -0.4 is 4.90 Å². The lowest BCUT2D eigenvalue weighted by Crippen LogP contribution is -2.31. The minimum Gasteiger partial charge on any atom is -0.458 e. The highest BCUT2D eigenvalue weighted by molar-refractivity contribution is 5.82. The zero-order chi connectivity index (χ0) is 24.4. The van der Waals surface area contributed by atoms with Crippen LogP contribution in [0.1, 0.15) is 38.4 Å². The Balaban J connectivity index is 1.88. The average Bonchev–Trinajstić information content (AvgIpc) is 3.17. The van der Waals surface area contributed by atoms with E-state index >= 15 is 0 Å². The van der Waals surface area contributed by atoms with Crippen molar-refractivity contribution in [1.29, 1.82) is 0 Å². The van der Waals surface area contributed by atoms with Crippen LogP contribution in [-0.2, 0) is 9.53 Å². The predicted octanol–water partition coefficient (Wildman–Crippen LogP) is 5.08. The van der Waals surface area contributed by atoms with E-state index in [4.69, 9.17) is 9.72 Å². The number of cyclic esters (lactones) is 1. The van der Waals surface area contributed by atoms with Gasteiger partial charge in [-0.3, -0.25) is 4.79 Å². The molecule has 1 fully saturated rings. The number of hydrogen-bond acceptors (Lipinski definition) is 5. The standard InChI is InChI=1S/C27H30FN3O3/c1-17(2)27-29-25(19-6-5-7-21(14-19)30(3)4)26(18-8-10-20(28)11-9-18)31(27)13-12-23-15-22(32)16-24(33)34-23/h5-14,17,22-23,32H,15-16H2,1-4H3. The Kier molecular flexibility index (Phi) is 6.84. The van der Waals surface area contributed by atoms with Gasteiger partial charge in [-0.05, 0) is 42.5 Å². The molecule has 0 spiro atoms. The molecule has 4 rings (SSSR count). The van der Waals surface area contributed by atoms with Gasteiger partial charge >= 0.3 is 5.97 Å². The van der Waals surface area contributed by atoms with Gasteiger partial charge < -0.3 is 19.3 Å². The van der Waals surface area contributed by atoms with Crippen molar-refractivity contribution >= 4 is 17.9 Å². The van der Waals surface area contributed by atoms with E-state index in [-0.39, 0.29) is 18.2 Å². The summed E-state index contributed by atoms with van der Waals surface area (Å²) in [5.74, 6) is 0.189. The van der Waals surface area contributed by atoms with Crippen LogP contribution in [0.15, 0.2) is 54.6 Å². The number of nitrogens with zero attached hydrogens (tertiary/aromatic N) is 3. The fraction of sp³-hybridized carbons (Fsp3) is 0.333. The first-order valence-electron chi connectivity index (χ1n) is 11.4. The third-order valence-electron chi connectivity index (χ3n) is 5.85. The number of benzene rings is 2. The lowest BCUT2D eigenvalue weighted by atomic mass is 10.0. The third-order valence-corrected chi connectivity index (χ3v) is 5.85. The molecule has 0 amide bonds. The molecule has 0 aliphatic carbocycles. The molecule has 6 nitrogen and oxygen atoms in total. The second-order valence-corrected chi connectivity index (χ2v) is 9.11. The molecule has 178 valence electrons. The number of anilines is 1. The summed E-state index contributed by atoms with van der Waals surface area (Å²) in [6.07, 6.45) is 2.73. The van der Waals surface area contributed by atoms with E-state index in [9.17, 15) is 14.3 Å².